The lowest BCUT2D eigenvalue weighted by atomic mass is 9.64. The minimum Gasteiger partial charge on any atom is -0.466 e. The fraction of sp³-hybridized carbons (Fsp3) is 0.542. The summed E-state index contributed by atoms with van der Waals surface area (Å²) in [4.78, 5) is 12.5. The highest BCUT2D eigenvalue weighted by molar-refractivity contribution is 5.73. The SMILES string of the molecule is CCOC(=O)[C@@H](CC)C[C@@]12CC[C@@H](c3cc(-c4c(F)cccc4F)nnc31)C2(C)C. The lowest BCUT2D eigenvalue weighted by molar-refractivity contribution is -0.149. The molecule has 2 bridgehead atoms. The van der Waals surface area contributed by atoms with Gasteiger partial charge in [0.15, 0.2) is 0 Å². The molecule has 1 fully saturated rings. The molecule has 0 radical (unpaired) electrons. The number of rotatable bonds is 6. The van der Waals surface area contributed by atoms with Crippen molar-refractivity contribution in [2.75, 3.05) is 6.61 Å². The molecular formula is C24H28F2N2O2. The summed E-state index contributed by atoms with van der Waals surface area (Å²) >= 11 is 0. The molecule has 2 aliphatic carbocycles. The molecule has 0 N–H and O–H groups in total. The van der Waals surface area contributed by atoms with Gasteiger partial charge in [-0.05, 0) is 67.7 Å². The lowest BCUT2D eigenvalue weighted by Gasteiger charge is -2.39. The number of nitrogens with zero attached hydrogens (tertiary/aromatic N) is 2. The van der Waals surface area contributed by atoms with Crippen LogP contribution in [0.2, 0.25) is 0 Å². The first-order valence-electron chi connectivity index (χ1n) is 10.8. The number of aromatic nitrogens is 2. The first kappa shape index (κ1) is 20.9. The van der Waals surface area contributed by atoms with Crippen molar-refractivity contribution in [1.29, 1.82) is 0 Å². The predicted octanol–water partition coefficient (Wildman–Crippen LogP) is 5.56. The van der Waals surface area contributed by atoms with Crippen LogP contribution in [0.25, 0.3) is 11.3 Å². The monoisotopic (exact) mass is 414 g/mol. The van der Waals surface area contributed by atoms with E-state index in [1.165, 1.54) is 18.2 Å². The number of carbonyl (C=O) groups is 1. The van der Waals surface area contributed by atoms with E-state index in [0.717, 1.165) is 24.1 Å². The highest BCUT2D eigenvalue weighted by Gasteiger charge is 2.63. The van der Waals surface area contributed by atoms with Gasteiger partial charge in [-0.2, -0.15) is 10.2 Å². The zero-order valence-electron chi connectivity index (χ0n) is 18.0. The molecule has 30 heavy (non-hydrogen) atoms. The molecule has 1 heterocycles. The number of benzene rings is 1. The van der Waals surface area contributed by atoms with Gasteiger partial charge in [-0.15, -0.1) is 0 Å². The summed E-state index contributed by atoms with van der Waals surface area (Å²) in [6, 6.07) is 5.62. The average molecular weight is 414 g/mol. The molecule has 0 aliphatic heterocycles. The van der Waals surface area contributed by atoms with E-state index >= 15 is 0 Å². The van der Waals surface area contributed by atoms with Crippen LogP contribution < -0.4 is 0 Å². The van der Waals surface area contributed by atoms with Gasteiger partial charge in [0.1, 0.15) is 11.6 Å². The molecule has 2 aromatic rings. The van der Waals surface area contributed by atoms with Gasteiger partial charge in [-0.1, -0.05) is 26.8 Å². The fourth-order valence-corrected chi connectivity index (χ4v) is 5.82. The first-order chi connectivity index (χ1) is 14.3. The molecule has 4 rings (SSSR count). The highest BCUT2D eigenvalue weighted by Crippen LogP contribution is 2.69. The highest BCUT2D eigenvalue weighted by atomic mass is 19.1. The van der Waals surface area contributed by atoms with Gasteiger partial charge in [0.05, 0.1) is 29.5 Å². The Morgan fingerprint density at radius 1 is 1.23 bits per heavy atom. The van der Waals surface area contributed by atoms with Gasteiger partial charge < -0.3 is 4.74 Å². The molecule has 160 valence electrons. The van der Waals surface area contributed by atoms with Gasteiger partial charge in [0, 0.05) is 5.41 Å². The number of hydrogen-bond donors (Lipinski definition) is 0. The maximum absolute atomic E-state index is 14.3. The quantitative estimate of drug-likeness (QED) is 0.581. The first-order valence-corrected chi connectivity index (χ1v) is 10.8. The van der Waals surface area contributed by atoms with Crippen molar-refractivity contribution >= 4 is 5.97 Å². The van der Waals surface area contributed by atoms with E-state index in [-0.39, 0.29) is 39.9 Å². The third-order valence-electron chi connectivity index (χ3n) is 7.54. The van der Waals surface area contributed by atoms with Gasteiger partial charge in [0.2, 0.25) is 0 Å². The number of hydrogen-bond acceptors (Lipinski definition) is 4. The molecule has 0 unspecified atom stereocenters. The molecule has 1 aromatic heterocycles. The van der Waals surface area contributed by atoms with Crippen LogP contribution in [-0.2, 0) is 14.9 Å². The van der Waals surface area contributed by atoms with Crippen LogP contribution in [0.1, 0.15) is 70.6 Å². The summed E-state index contributed by atoms with van der Waals surface area (Å²) in [6.45, 7) is 8.62. The molecule has 0 amide bonds. The number of fused-ring (bicyclic) bond motifs is 5. The predicted molar refractivity (Wildman–Crippen MR) is 110 cm³/mol. The van der Waals surface area contributed by atoms with E-state index in [9.17, 15) is 13.6 Å². The van der Waals surface area contributed by atoms with Crippen molar-refractivity contribution < 1.29 is 18.3 Å². The summed E-state index contributed by atoms with van der Waals surface area (Å²) < 4.78 is 34.0. The summed E-state index contributed by atoms with van der Waals surface area (Å²) in [7, 11) is 0. The zero-order chi connectivity index (χ0) is 21.7. The number of ether oxygens (including phenoxy) is 1. The molecule has 2 aliphatic rings. The number of esters is 1. The second-order valence-electron chi connectivity index (χ2n) is 9.09. The van der Waals surface area contributed by atoms with E-state index in [4.69, 9.17) is 4.74 Å². The number of carbonyl (C=O) groups excluding carboxylic acids is 1. The van der Waals surface area contributed by atoms with Gasteiger partial charge in [-0.25, -0.2) is 8.78 Å². The van der Waals surface area contributed by atoms with E-state index < -0.39 is 11.6 Å². The minimum atomic E-state index is -0.644. The van der Waals surface area contributed by atoms with Gasteiger partial charge in [-0.3, -0.25) is 4.79 Å². The molecule has 1 saturated carbocycles. The Morgan fingerprint density at radius 2 is 1.93 bits per heavy atom. The summed E-state index contributed by atoms with van der Waals surface area (Å²) in [5, 5.41) is 8.77. The van der Waals surface area contributed by atoms with E-state index in [1.807, 2.05) is 19.9 Å². The maximum Gasteiger partial charge on any atom is 0.308 e. The Bertz CT molecular complexity index is 971. The second-order valence-corrected chi connectivity index (χ2v) is 9.09. The topological polar surface area (TPSA) is 52.1 Å². The van der Waals surface area contributed by atoms with E-state index in [0.29, 0.717) is 19.4 Å². The summed E-state index contributed by atoms with van der Waals surface area (Å²) in [6.07, 6.45) is 3.24. The normalized spacial score (nSPS) is 24.5. The minimum absolute atomic E-state index is 0.129. The van der Waals surface area contributed by atoms with Crippen LogP contribution in [0, 0.1) is 23.0 Å². The molecule has 6 heteroatoms. The Morgan fingerprint density at radius 3 is 2.57 bits per heavy atom. The molecular weight excluding hydrogens is 386 g/mol. The Balaban J connectivity index is 1.78. The standard InChI is InChI=1S/C24H28F2N2O2/c1-5-14(22(29)30-6-2)13-24-11-10-16(23(24,3)4)15-12-19(27-28-21(15)24)20-17(25)8-7-9-18(20)26/h7-9,12,14,16H,5-6,10-11,13H2,1-4H3/t14-,16-,24-/m0/s1. The van der Waals surface area contributed by atoms with Crippen molar-refractivity contribution in [3.05, 3.63) is 47.2 Å². The summed E-state index contributed by atoms with van der Waals surface area (Å²) in [5.41, 5.74) is 1.56. The van der Waals surface area contributed by atoms with Crippen LogP contribution in [0.15, 0.2) is 24.3 Å². The molecule has 0 saturated heterocycles. The van der Waals surface area contributed by atoms with Crippen LogP contribution in [0.4, 0.5) is 8.78 Å². The van der Waals surface area contributed by atoms with Crippen molar-refractivity contribution in [3.8, 4) is 11.3 Å². The largest absolute Gasteiger partial charge is 0.466 e. The fourth-order valence-electron chi connectivity index (χ4n) is 5.82. The lowest BCUT2D eigenvalue weighted by Crippen LogP contribution is -2.39. The van der Waals surface area contributed by atoms with Crippen molar-refractivity contribution in [3.63, 3.8) is 0 Å². The second kappa shape index (κ2) is 7.40. The van der Waals surface area contributed by atoms with Crippen molar-refractivity contribution in [2.45, 2.75) is 64.7 Å². The molecule has 4 nitrogen and oxygen atoms in total. The Labute approximate surface area is 176 Å². The van der Waals surface area contributed by atoms with Crippen molar-refractivity contribution in [2.24, 2.45) is 11.3 Å². The van der Waals surface area contributed by atoms with Crippen LogP contribution in [0.5, 0.6) is 0 Å². The zero-order valence-corrected chi connectivity index (χ0v) is 18.0. The summed E-state index contributed by atoms with van der Waals surface area (Å²) in [5.74, 6) is -1.44. The smallest absolute Gasteiger partial charge is 0.308 e. The number of halogens is 2. The van der Waals surface area contributed by atoms with Gasteiger partial charge in [0.25, 0.3) is 0 Å². The van der Waals surface area contributed by atoms with E-state index in [1.54, 1.807) is 0 Å². The van der Waals surface area contributed by atoms with E-state index in [2.05, 4.69) is 24.0 Å². The maximum atomic E-state index is 14.3. The van der Waals surface area contributed by atoms with Crippen molar-refractivity contribution in [1.82, 2.24) is 10.2 Å². The third-order valence-corrected chi connectivity index (χ3v) is 7.54. The van der Waals surface area contributed by atoms with Crippen LogP contribution in [0.3, 0.4) is 0 Å². The van der Waals surface area contributed by atoms with Crippen LogP contribution >= 0.6 is 0 Å². The Kier molecular flexibility index (Phi) is 5.15. The Hall–Kier alpha value is -2.37. The van der Waals surface area contributed by atoms with Crippen LogP contribution in [-0.4, -0.2) is 22.8 Å². The molecule has 3 atom stereocenters. The van der Waals surface area contributed by atoms with Gasteiger partial charge >= 0.3 is 5.97 Å². The molecule has 1 aromatic carbocycles. The molecule has 0 spiro atoms. The third kappa shape index (κ3) is 2.87. The average Bonchev–Trinajstić information content (AvgIpc) is 3.06.